The van der Waals surface area contributed by atoms with Gasteiger partial charge in [-0.15, -0.1) is 0 Å². The van der Waals surface area contributed by atoms with Crippen molar-refractivity contribution in [2.75, 3.05) is 75.2 Å². The van der Waals surface area contributed by atoms with E-state index in [0.29, 0.717) is 196 Å². The molecular formula is C70H73ClN30O9S3. The van der Waals surface area contributed by atoms with Gasteiger partial charge in [0.15, 0.2) is 34.4 Å². The Bertz CT molecular complexity index is 6150. The summed E-state index contributed by atoms with van der Waals surface area (Å²) < 4.78 is 99.9. The Kier molecular flexibility index (Phi) is 20.4. The Morgan fingerprint density at radius 3 is 1.16 bits per heavy atom. The molecule has 12 aromatic heterocycles. The van der Waals surface area contributed by atoms with Crippen LogP contribution in [0.2, 0.25) is 5.02 Å². The lowest BCUT2D eigenvalue weighted by Crippen LogP contribution is -2.41. The molecule has 43 heteroatoms. The molecule has 0 bridgehead atoms. The number of hydrogen-bond donors (Lipinski definition) is 6. The van der Waals surface area contributed by atoms with Crippen molar-refractivity contribution in [2.45, 2.75) is 83.4 Å². The van der Waals surface area contributed by atoms with Crippen molar-refractivity contribution in [1.29, 1.82) is 0 Å². The van der Waals surface area contributed by atoms with E-state index in [1.807, 2.05) is 61.5 Å². The van der Waals surface area contributed by atoms with Crippen molar-refractivity contribution in [3.8, 4) is 51.4 Å². The molecule has 3 saturated heterocycles. The molecule has 113 heavy (non-hydrogen) atoms. The van der Waals surface area contributed by atoms with Gasteiger partial charge in [0.25, 0.3) is 0 Å². The lowest BCUT2D eigenvalue weighted by atomic mass is 10.1. The fourth-order valence-corrected chi connectivity index (χ4v) is 16.8. The van der Waals surface area contributed by atoms with Crippen LogP contribution in [0, 0.1) is 6.92 Å². The van der Waals surface area contributed by atoms with Gasteiger partial charge < -0.3 is 31.4 Å². The van der Waals surface area contributed by atoms with Crippen molar-refractivity contribution in [2.24, 2.45) is 0 Å². The molecule has 0 radical (unpaired) electrons. The number of sulfonamides is 3. The van der Waals surface area contributed by atoms with Gasteiger partial charge >= 0.3 is 0 Å². The monoisotopic (exact) mass is 1610 g/mol. The van der Waals surface area contributed by atoms with E-state index in [2.05, 4.69) is 60.5 Å². The predicted octanol–water partition coefficient (Wildman–Crippen LogP) is 5.74. The molecule has 0 aliphatic carbocycles. The summed E-state index contributed by atoms with van der Waals surface area (Å²) in [5.41, 5.74) is 27.3. The molecule has 3 aliphatic rings. The largest absolute Gasteiger partial charge is 0.474 e. The summed E-state index contributed by atoms with van der Waals surface area (Å²) in [5, 5.41) is 39.2. The molecule has 9 N–H and O–H groups in total. The van der Waals surface area contributed by atoms with Gasteiger partial charge in [-0.05, 0) is 81.3 Å². The second-order valence-electron chi connectivity index (χ2n) is 27.2. The lowest BCUT2D eigenvalue weighted by Gasteiger charge is -2.30. The van der Waals surface area contributed by atoms with E-state index in [-0.39, 0.29) is 37.9 Å². The first kappa shape index (κ1) is 74.9. The number of halogens is 1. The maximum Gasteiger partial charge on any atom is 0.226 e. The van der Waals surface area contributed by atoms with Gasteiger partial charge in [-0.2, -0.15) is 45.5 Å². The van der Waals surface area contributed by atoms with Gasteiger partial charge in [0.2, 0.25) is 47.7 Å². The van der Waals surface area contributed by atoms with Crippen LogP contribution >= 0.6 is 11.6 Å². The van der Waals surface area contributed by atoms with E-state index < -0.39 is 30.1 Å². The topological polar surface area (TPSA) is 512 Å². The van der Waals surface area contributed by atoms with Gasteiger partial charge in [-0.25, -0.2) is 97.1 Å². The van der Waals surface area contributed by atoms with Gasteiger partial charge in [-0.3, -0.25) is 15.3 Å². The van der Waals surface area contributed by atoms with Crippen LogP contribution in [0.5, 0.6) is 17.6 Å². The number of piperidine rings is 3. The molecule has 3 aromatic carbocycles. The summed E-state index contributed by atoms with van der Waals surface area (Å²) >= 11 is 6.53. The molecule has 0 spiro atoms. The molecule has 582 valence electrons. The van der Waals surface area contributed by atoms with E-state index in [0.717, 1.165) is 44.1 Å². The van der Waals surface area contributed by atoms with Crippen LogP contribution in [-0.4, -0.2) is 234 Å². The number of hydrogen-bond acceptors (Lipinski definition) is 30. The Morgan fingerprint density at radius 2 is 0.770 bits per heavy atom. The molecule has 3 fully saturated rings. The summed E-state index contributed by atoms with van der Waals surface area (Å²) in [7, 11) is -9.68. The summed E-state index contributed by atoms with van der Waals surface area (Å²) in [6.45, 7) is 5.02. The molecular weight excluding hydrogens is 1540 g/mol. The number of rotatable bonds is 18. The number of ether oxygens (including phenoxy) is 3. The van der Waals surface area contributed by atoms with Crippen LogP contribution in [0.1, 0.15) is 61.6 Å². The second kappa shape index (κ2) is 30.8. The van der Waals surface area contributed by atoms with Crippen LogP contribution in [0.25, 0.3) is 99.6 Å². The predicted molar refractivity (Wildman–Crippen MR) is 418 cm³/mol. The minimum absolute atomic E-state index is 0.157. The van der Waals surface area contributed by atoms with Crippen LogP contribution in [0.4, 0.5) is 17.5 Å². The first-order chi connectivity index (χ1) is 54.4. The Balaban J connectivity index is 0.000000128. The van der Waals surface area contributed by atoms with Crippen molar-refractivity contribution < 1.29 is 39.5 Å². The van der Waals surface area contributed by atoms with Crippen molar-refractivity contribution in [3.05, 3.63) is 145 Å². The molecule has 15 heterocycles. The molecule has 0 amide bonds. The molecule has 18 rings (SSSR count). The molecule has 15 aromatic rings. The fourth-order valence-electron chi connectivity index (χ4n) is 14.0. The van der Waals surface area contributed by atoms with E-state index in [1.165, 1.54) is 50.7 Å². The van der Waals surface area contributed by atoms with Gasteiger partial charge in [-0.1, -0.05) is 41.9 Å². The standard InChI is InChI=1S/C24H26N10O3S.C23H23ClN10O3S.C23H24N10O3S/c1-14-4-3-5-17-19(14)24(37-16-6-8-33(9-7-16)38(2,35)36)31-18(30-17)12-34-23-20(22(25)26-13-27-23)21(32-34)15-10-28-29-11-15;1-38(35,36)33-7-5-14(6-8-33)37-23-18-15(24)3-2-4-16(18)30-17(31-23)11-34-22-19(21(25)26-12-27-22)20(32-34)13-9-28-29-10-13;1-37(34,35)32-8-6-15(7-9-32)36-23-16-4-2-3-5-17(16)29-18(30-23)12-33-22-19(21(24)25-13-26-22)20(31-33)14-10-27-28-11-14/h3-5,10-11,13,16H,6-9,12H2,1-2H3,(H,28,29)(H2,25,26,27);2-4,9-10,12,14H,5-8,11H2,1H3,(H,28,29)(H2,25,26,27);2-5,10-11,13,15H,6-9,12H2,1H3,(H,27,28)(H2,24,25,26). The van der Waals surface area contributed by atoms with Crippen LogP contribution < -0.4 is 31.4 Å². The number of aromatic amines is 3. The zero-order valence-electron chi connectivity index (χ0n) is 61.1. The Morgan fingerprint density at radius 1 is 0.425 bits per heavy atom. The molecule has 39 nitrogen and oxygen atoms in total. The summed E-state index contributed by atoms with van der Waals surface area (Å²) in [4.78, 5) is 54.1. The summed E-state index contributed by atoms with van der Waals surface area (Å²) in [6, 6.07) is 18.9. The van der Waals surface area contributed by atoms with Crippen molar-refractivity contribution in [3.63, 3.8) is 0 Å². The van der Waals surface area contributed by atoms with Crippen molar-refractivity contribution >= 4 is 125 Å². The minimum Gasteiger partial charge on any atom is -0.474 e. The highest BCUT2D eigenvalue weighted by atomic mass is 35.5. The number of H-pyrrole nitrogens is 3. The highest BCUT2D eigenvalue weighted by molar-refractivity contribution is 7.88. The maximum absolute atomic E-state index is 11.9. The minimum atomic E-state index is -3.24. The van der Waals surface area contributed by atoms with Crippen LogP contribution in [0.3, 0.4) is 0 Å². The first-order valence-electron chi connectivity index (χ1n) is 35.6. The number of aromatic nitrogens is 24. The number of nitrogens with one attached hydrogen (secondary N) is 3. The quantitative estimate of drug-likeness (QED) is 0.0596. The zero-order valence-corrected chi connectivity index (χ0v) is 64.3. The SMILES string of the molecule is CS(=O)(=O)N1CCC(Oc2nc(Cn3nc(-c4cn[nH]c4)c4c(N)ncnc43)nc3cccc(Cl)c23)CC1.CS(=O)(=O)N1CCC(Oc2nc(Cn3nc(-c4cn[nH]c4)c4c(N)ncnc43)nc3ccccc23)CC1.Cc1cccc2nc(Cn3nc(-c4cn[nH]c4)c4c(N)ncnc43)nc(OC3CCN(S(C)(=O)=O)CC3)c12. The number of aryl methyl sites for hydroxylation is 1. The lowest BCUT2D eigenvalue weighted by molar-refractivity contribution is 0.131. The summed E-state index contributed by atoms with van der Waals surface area (Å²) in [6.07, 6.45) is 20.8. The number of nitrogens with two attached hydrogens (primary N) is 3. The van der Waals surface area contributed by atoms with Crippen LogP contribution in [0.15, 0.2) is 117 Å². The summed E-state index contributed by atoms with van der Waals surface area (Å²) in [5.74, 6) is 3.62. The van der Waals surface area contributed by atoms with E-state index in [4.69, 9.17) is 88.2 Å². The average molecular weight is 1610 g/mol. The van der Waals surface area contributed by atoms with Gasteiger partial charge in [0.05, 0.1) is 91.2 Å². The smallest absolute Gasteiger partial charge is 0.226 e. The van der Waals surface area contributed by atoms with Gasteiger partial charge in [0, 0.05) is 74.5 Å². The third-order valence-electron chi connectivity index (χ3n) is 19.6. The van der Waals surface area contributed by atoms with Gasteiger partial charge in [0.1, 0.15) is 91.5 Å². The third kappa shape index (κ3) is 15.8. The first-order valence-corrected chi connectivity index (χ1v) is 41.6. The van der Waals surface area contributed by atoms with E-state index >= 15 is 0 Å². The Labute approximate surface area is 648 Å². The number of fused-ring (bicyclic) bond motifs is 6. The maximum atomic E-state index is 11.9. The van der Waals surface area contributed by atoms with E-state index in [1.54, 1.807) is 57.3 Å². The number of nitrogen functional groups attached to an aromatic ring is 3. The van der Waals surface area contributed by atoms with E-state index in [9.17, 15) is 25.3 Å². The van der Waals surface area contributed by atoms with Crippen LogP contribution in [-0.2, 0) is 49.7 Å². The second-order valence-corrected chi connectivity index (χ2v) is 33.6. The normalized spacial score (nSPS) is 15.4. The fraction of sp³-hybridized carbons (Fsp3) is 0.314. The third-order valence-corrected chi connectivity index (χ3v) is 23.8. The van der Waals surface area contributed by atoms with Crippen molar-refractivity contribution in [1.82, 2.24) is 133 Å². The molecule has 3 aliphatic heterocycles. The average Bonchev–Trinajstić information content (AvgIpc) is 1.60. The number of benzene rings is 3. The zero-order chi connectivity index (χ0) is 78.5. The number of anilines is 3. The molecule has 0 unspecified atom stereocenters. The molecule has 0 saturated carbocycles. The highest BCUT2D eigenvalue weighted by Gasteiger charge is 2.32. The Hall–Kier alpha value is -12.2. The number of para-hydroxylation sites is 1. The highest BCUT2D eigenvalue weighted by Crippen LogP contribution is 2.38. The molecule has 0 atom stereocenters. The number of nitrogens with zero attached hydrogens (tertiary/aromatic N) is 24.